The third-order valence-electron chi connectivity index (χ3n) is 2.29. The highest BCUT2D eigenvalue weighted by molar-refractivity contribution is 5.93. The van der Waals surface area contributed by atoms with Crippen LogP contribution in [0.1, 0.15) is 12.5 Å². The Hall–Kier alpha value is -2.17. The number of hydrogen-bond donors (Lipinski definition) is 1. The van der Waals surface area contributed by atoms with Crippen molar-refractivity contribution in [2.75, 3.05) is 13.1 Å². The molecule has 0 fully saturated rings. The minimum atomic E-state index is -1.07. The molecule has 0 saturated carbocycles. The van der Waals surface area contributed by atoms with Gasteiger partial charge in [0.25, 0.3) is 0 Å². The Bertz CT molecular complexity index is 471. The summed E-state index contributed by atoms with van der Waals surface area (Å²) in [7, 11) is 0. The maximum atomic E-state index is 12.9. The van der Waals surface area contributed by atoms with E-state index in [4.69, 9.17) is 5.11 Å². The zero-order chi connectivity index (χ0) is 13.5. The summed E-state index contributed by atoms with van der Waals surface area (Å²) in [6, 6.07) is 5.79. The lowest BCUT2D eigenvalue weighted by Crippen LogP contribution is -2.34. The molecular weight excluding hydrogens is 237 g/mol. The van der Waals surface area contributed by atoms with Crippen LogP contribution in [0, 0.1) is 5.82 Å². The molecule has 0 aliphatic heterocycles. The number of carbonyl (C=O) groups excluding carboxylic acids is 1. The van der Waals surface area contributed by atoms with Crippen LogP contribution in [0.15, 0.2) is 30.3 Å². The van der Waals surface area contributed by atoms with E-state index in [0.717, 1.165) is 0 Å². The molecule has 1 aromatic carbocycles. The number of carboxylic acids is 1. The Labute approximate surface area is 104 Å². The average molecular weight is 251 g/mol. The lowest BCUT2D eigenvalue weighted by atomic mass is 10.2. The largest absolute Gasteiger partial charge is 0.480 e. The van der Waals surface area contributed by atoms with Crippen LogP contribution < -0.4 is 0 Å². The van der Waals surface area contributed by atoms with Crippen molar-refractivity contribution in [1.29, 1.82) is 0 Å². The van der Waals surface area contributed by atoms with Crippen molar-refractivity contribution in [2.24, 2.45) is 0 Å². The molecule has 1 rings (SSSR count). The molecule has 0 spiro atoms. The maximum absolute atomic E-state index is 12.9. The monoisotopic (exact) mass is 251 g/mol. The van der Waals surface area contributed by atoms with Gasteiger partial charge in [-0.15, -0.1) is 0 Å². The molecule has 1 N–H and O–H groups in total. The summed E-state index contributed by atoms with van der Waals surface area (Å²) in [5, 5.41) is 8.62. The smallest absolute Gasteiger partial charge is 0.323 e. The SMILES string of the molecule is CCN(CC(=O)O)C(=O)/C=C/c1cccc(F)c1. The van der Waals surface area contributed by atoms with Crippen molar-refractivity contribution in [3.8, 4) is 0 Å². The fraction of sp³-hybridized carbons (Fsp3) is 0.231. The Kier molecular flexibility index (Phi) is 5.05. The molecular formula is C13H14FNO3. The second kappa shape index (κ2) is 6.54. The first-order chi connectivity index (χ1) is 8.52. The molecule has 18 heavy (non-hydrogen) atoms. The van der Waals surface area contributed by atoms with Gasteiger partial charge in [-0.3, -0.25) is 9.59 Å². The van der Waals surface area contributed by atoms with Gasteiger partial charge in [-0.25, -0.2) is 4.39 Å². The highest BCUT2D eigenvalue weighted by atomic mass is 19.1. The summed E-state index contributed by atoms with van der Waals surface area (Å²) < 4.78 is 12.9. The van der Waals surface area contributed by atoms with Crippen LogP contribution in [0.5, 0.6) is 0 Å². The number of amides is 1. The summed E-state index contributed by atoms with van der Waals surface area (Å²) in [5.41, 5.74) is 0.551. The van der Waals surface area contributed by atoms with E-state index < -0.39 is 11.9 Å². The minimum Gasteiger partial charge on any atom is -0.480 e. The summed E-state index contributed by atoms with van der Waals surface area (Å²) >= 11 is 0. The third kappa shape index (κ3) is 4.37. The number of aliphatic carboxylic acids is 1. The summed E-state index contributed by atoms with van der Waals surface area (Å²) in [6.07, 6.45) is 2.69. The fourth-order valence-electron chi connectivity index (χ4n) is 1.39. The van der Waals surface area contributed by atoms with Crippen LogP contribution in [0.4, 0.5) is 4.39 Å². The quantitative estimate of drug-likeness (QED) is 0.811. The van der Waals surface area contributed by atoms with Crippen molar-refractivity contribution in [3.63, 3.8) is 0 Å². The van der Waals surface area contributed by atoms with Crippen LogP contribution in [0.25, 0.3) is 6.08 Å². The molecule has 1 aromatic rings. The number of rotatable bonds is 5. The Balaban J connectivity index is 2.71. The summed E-state index contributed by atoms with van der Waals surface area (Å²) in [4.78, 5) is 23.4. The highest BCUT2D eigenvalue weighted by Crippen LogP contribution is 2.05. The van der Waals surface area contributed by atoms with Gasteiger partial charge in [0.1, 0.15) is 12.4 Å². The van der Waals surface area contributed by atoms with Gasteiger partial charge in [-0.2, -0.15) is 0 Å². The van der Waals surface area contributed by atoms with Crippen LogP contribution in [-0.4, -0.2) is 35.0 Å². The van der Waals surface area contributed by atoms with Gasteiger partial charge >= 0.3 is 5.97 Å². The number of hydrogen-bond acceptors (Lipinski definition) is 2. The van der Waals surface area contributed by atoms with Crippen molar-refractivity contribution < 1.29 is 19.1 Å². The molecule has 0 unspecified atom stereocenters. The number of nitrogens with zero attached hydrogens (tertiary/aromatic N) is 1. The standard InChI is InChI=1S/C13H14FNO3/c1-2-15(9-13(17)18)12(16)7-6-10-4-3-5-11(14)8-10/h3-8H,2,9H2,1H3,(H,17,18)/b7-6+. The molecule has 0 bridgehead atoms. The molecule has 0 atom stereocenters. The van der Waals surface area contributed by atoms with Crippen LogP contribution in [-0.2, 0) is 9.59 Å². The number of likely N-dealkylation sites (N-methyl/N-ethyl adjacent to an activating group) is 1. The zero-order valence-corrected chi connectivity index (χ0v) is 9.97. The normalized spacial score (nSPS) is 10.6. The highest BCUT2D eigenvalue weighted by Gasteiger charge is 2.11. The first-order valence-electron chi connectivity index (χ1n) is 5.47. The number of carbonyl (C=O) groups is 2. The molecule has 0 saturated heterocycles. The predicted molar refractivity (Wildman–Crippen MR) is 65.3 cm³/mol. The molecule has 0 heterocycles. The third-order valence-corrected chi connectivity index (χ3v) is 2.29. The second-order valence-electron chi connectivity index (χ2n) is 3.63. The lowest BCUT2D eigenvalue weighted by Gasteiger charge is -2.15. The maximum Gasteiger partial charge on any atom is 0.323 e. The molecule has 0 radical (unpaired) electrons. The first kappa shape index (κ1) is 13.9. The fourth-order valence-corrected chi connectivity index (χ4v) is 1.39. The van der Waals surface area contributed by atoms with Gasteiger partial charge in [0, 0.05) is 12.6 Å². The van der Waals surface area contributed by atoms with Gasteiger partial charge in [0.15, 0.2) is 0 Å². The Morgan fingerprint density at radius 3 is 2.72 bits per heavy atom. The van der Waals surface area contributed by atoms with Crippen molar-refractivity contribution >= 4 is 18.0 Å². The van der Waals surface area contributed by atoms with E-state index in [9.17, 15) is 14.0 Å². The van der Waals surface area contributed by atoms with Gasteiger partial charge in [-0.05, 0) is 30.7 Å². The molecule has 0 aliphatic rings. The van der Waals surface area contributed by atoms with Gasteiger partial charge in [0.05, 0.1) is 0 Å². The number of benzene rings is 1. The molecule has 96 valence electrons. The molecule has 1 amide bonds. The van der Waals surface area contributed by atoms with E-state index in [1.165, 1.54) is 35.3 Å². The number of halogens is 1. The van der Waals surface area contributed by atoms with E-state index in [0.29, 0.717) is 12.1 Å². The van der Waals surface area contributed by atoms with Crippen LogP contribution in [0.2, 0.25) is 0 Å². The van der Waals surface area contributed by atoms with Gasteiger partial charge in [0.2, 0.25) is 5.91 Å². The molecule has 4 nitrogen and oxygen atoms in total. The first-order valence-corrected chi connectivity index (χ1v) is 5.47. The van der Waals surface area contributed by atoms with Crippen molar-refractivity contribution in [1.82, 2.24) is 4.90 Å². The number of carboxylic acid groups (broad SMARTS) is 1. The molecule has 0 aliphatic carbocycles. The van der Waals surface area contributed by atoms with Gasteiger partial charge in [-0.1, -0.05) is 12.1 Å². The van der Waals surface area contributed by atoms with E-state index in [-0.39, 0.29) is 12.4 Å². The molecule has 0 aromatic heterocycles. The molecule has 5 heteroatoms. The van der Waals surface area contributed by atoms with E-state index in [2.05, 4.69) is 0 Å². The lowest BCUT2D eigenvalue weighted by molar-refractivity contribution is -0.142. The average Bonchev–Trinajstić information content (AvgIpc) is 2.33. The second-order valence-corrected chi connectivity index (χ2v) is 3.63. The van der Waals surface area contributed by atoms with Gasteiger partial charge < -0.3 is 10.0 Å². The van der Waals surface area contributed by atoms with Crippen molar-refractivity contribution in [2.45, 2.75) is 6.92 Å². The predicted octanol–water partition coefficient (Wildman–Crippen LogP) is 1.77. The minimum absolute atomic E-state index is 0.304. The van der Waals surface area contributed by atoms with Crippen molar-refractivity contribution in [3.05, 3.63) is 41.7 Å². The summed E-state index contributed by atoms with van der Waals surface area (Å²) in [6.45, 7) is 1.65. The summed E-state index contributed by atoms with van der Waals surface area (Å²) in [5.74, 6) is -1.86. The topological polar surface area (TPSA) is 57.6 Å². The van der Waals surface area contributed by atoms with Crippen LogP contribution >= 0.6 is 0 Å². The van der Waals surface area contributed by atoms with E-state index in [1.807, 2.05) is 0 Å². The Morgan fingerprint density at radius 1 is 1.44 bits per heavy atom. The zero-order valence-electron chi connectivity index (χ0n) is 9.97. The van der Waals surface area contributed by atoms with E-state index in [1.54, 1.807) is 13.0 Å². The van der Waals surface area contributed by atoms with Crippen LogP contribution in [0.3, 0.4) is 0 Å². The van der Waals surface area contributed by atoms with E-state index >= 15 is 0 Å². The Morgan fingerprint density at radius 2 is 2.17 bits per heavy atom.